The molecule has 162 valence electrons. The third-order valence-electron chi connectivity index (χ3n) is 4.39. The summed E-state index contributed by atoms with van der Waals surface area (Å²) in [5.41, 5.74) is 4.87. The fourth-order valence-electron chi connectivity index (χ4n) is 2.88. The molecule has 3 rings (SSSR count). The molecule has 0 aliphatic carbocycles. The molecule has 0 atom stereocenters. The number of carbonyl (C=O) groups excluding carboxylic acids is 2. The van der Waals surface area contributed by atoms with Crippen molar-refractivity contribution < 1.29 is 28.5 Å². The Morgan fingerprint density at radius 3 is 2.13 bits per heavy atom. The maximum Gasteiger partial charge on any atom is 0.276 e. The third kappa shape index (κ3) is 5.37. The monoisotopic (exact) mass is 488 g/mol. The standard InChI is InChI=1S/C22H21BrN2O6/c1-28-18-10-15(11-19(29-2)21(18)30-3)22(27)25-24-20(26)12-31-17-7-5-13-8-16(23)6-4-14(13)9-17/h4-11H,12H2,1-3H3,(H,24,26)(H,25,27). The van der Waals surface area contributed by atoms with E-state index in [-0.39, 0.29) is 12.2 Å². The Morgan fingerprint density at radius 1 is 0.839 bits per heavy atom. The Kier molecular flexibility index (Phi) is 7.19. The van der Waals surface area contributed by atoms with Crippen LogP contribution in [-0.2, 0) is 4.79 Å². The van der Waals surface area contributed by atoms with Crippen LogP contribution in [0.3, 0.4) is 0 Å². The summed E-state index contributed by atoms with van der Waals surface area (Å²) in [5, 5.41) is 2.03. The maximum absolute atomic E-state index is 12.4. The molecule has 31 heavy (non-hydrogen) atoms. The van der Waals surface area contributed by atoms with Gasteiger partial charge in [-0.05, 0) is 47.2 Å². The van der Waals surface area contributed by atoms with Gasteiger partial charge in [0.25, 0.3) is 11.8 Å². The normalized spacial score (nSPS) is 10.3. The molecule has 0 aromatic heterocycles. The summed E-state index contributed by atoms with van der Waals surface area (Å²) in [4.78, 5) is 24.5. The highest BCUT2D eigenvalue weighted by Gasteiger charge is 2.17. The van der Waals surface area contributed by atoms with E-state index in [1.165, 1.54) is 33.5 Å². The van der Waals surface area contributed by atoms with Crippen molar-refractivity contribution in [3.63, 3.8) is 0 Å². The molecule has 2 amide bonds. The number of hydrogen-bond acceptors (Lipinski definition) is 6. The molecule has 0 heterocycles. The number of hydrazine groups is 1. The number of ether oxygens (including phenoxy) is 4. The van der Waals surface area contributed by atoms with Crippen LogP contribution in [0.15, 0.2) is 53.0 Å². The fourth-order valence-corrected chi connectivity index (χ4v) is 3.26. The second-order valence-corrected chi connectivity index (χ2v) is 7.27. The van der Waals surface area contributed by atoms with Gasteiger partial charge in [-0.3, -0.25) is 20.4 Å². The van der Waals surface area contributed by atoms with Crippen LogP contribution in [0.25, 0.3) is 10.8 Å². The lowest BCUT2D eigenvalue weighted by atomic mass is 10.1. The summed E-state index contributed by atoms with van der Waals surface area (Å²) in [6.07, 6.45) is 0. The Morgan fingerprint density at radius 2 is 1.48 bits per heavy atom. The zero-order chi connectivity index (χ0) is 22.4. The van der Waals surface area contributed by atoms with Crippen LogP contribution in [0.5, 0.6) is 23.0 Å². The van der Waals surface area contributed by atoms with Crippen LogP contribution >= 0.6 is 15.9 Å². The molecule has 0 spiro atoms. The molecular weight excluding hydrogens is 468 g/mol. The molecule has 0 radical (unpaired) electrons. The highest BCUT2D eigenvalue weighted by molar-refractivity contribution is 9.10. The first-order chi connectivity index (χ1) is 14.9. The number of carbonyl (C=O) groups is 2. The van der Waals surface area contributed by atoms with Gasteiger partial charge < -0.3 is 18.9 Å². The summed E-state index contributed by atoms with van der Waals surface area (Å²) in [5.74, 6) is 0.484. The first-order valence-corrected chi connectivity index (χ1v) is 9.95. The molecule has 2 N–H and O–H groups in total. The van der Waals surface area contributed by atoms with Crippen molar-refractivity contribution in [1.82, 2.24) is 10.9 Å². The lowest BCUT2D eigenvalue weighted by molar-refractivity contribution is -0.123. The summed E-state index contributed by atoms with van der Waals surface area (Å²) in [7, 11) is 4.36. The van der Waals surface area contributed by atoms with Crippen molar-refractivity contribution in [1.29, 1.82) is 0 Å². The van der Waals surface area contributed by atoms with Crippen LogP contribution in [0.4, 0.5) is 0 Å². The van der Waals surface area contributed by atoms with Gasteiger partial charge in [-0.15, -0.1) is 0 Å². The quantitative estimate of drug-likeness (QED) is 0.494. The minimum Gasteiger partial charge on any atom is -0.493 e. The predicted molar refractivity (Wildman–Crippen MR) is 119 cm³/mol. The zero-order valence-corrected chi connectivity index (χ0v) is 18.7. The first-order valence-electron chi connectivity index (χ1n) is 9.16. The zero-order valence-electron chi connectivity index (χ0n) is 17.2. The van der Waals surface area contributed by atoms with Crippen LogP contribution in [-0.4, -0.2) is 39.8 Å². The lowest BCUT2D eigenvalue weighted by Gasteiger charge is -2.14. The molecular formula is C22H21BrN2O6. The van der Waals surface area contributed by atoms with Gasteiger partial charge in [0, 0.05) is 10.0 Å². The molecule has 0 unspecified atom stereocenters. The second-order valence-electron chi connectivity index (χ2n) is 6.36. The Bertz CT molecular complexity index is 1090. The number of nitrogens with one attached hydrogen (secondary N) is 2. The molecule has 3 aromatic carbocycles. The number of methoxy groups -OCH3 is 3. The van der Waals surface area contributed by atoms with Crippen molar-refractivity contribution in [2.75, 3.05) is 27.9 Å². The van der Waals surface area contributed by atoms with Crippen molar-refractivity contribution in [2.45, 2.75) is 0 Å². The van der Waals surface area contributed by atoms with Crippen molar-refractivity contribution in [3.05, 3.63) is 58.6 Å². The second kappa shape index (κ2) is 10.0. The molecule has 9 heteroatoms. The minimum atomic E-state index is -0.552. The molecule has 0 aliphatic heterocycles. The Labute approximate surface area is 187 Å². The number of hydrogen-bond donors (Lipinski definition) is 2. The number of amides is 2. The average Bonchev–Trinajstić information content (AvgIpc) is 2.79. The number of rotatable bonds is 7. The molecule has 0 saturated carbocycles. The molecule has 8 nitrogen and oxygen atoms in total. The van der Waals surface area contributed by atoms with E-state index in [2.05, 4.69) is 26.8 Å². The molecule has 3 aromatic rings. The SMILES string of the molecule is COc1cc(C(=O)NNC(=O)COc2ccc3cc(Br)ccc3c2)cc(OC)c1OC. The maximum atomic E-state index is 12.4. The van der Waals surface area contributed by atoms with Gasteiger partial charge in [-0.2, -0.15) is 0 Å². The molecule has 0 bridgehead atoms. The highest BCUT2D eigenvalue weighted by Crippen LogP contribution is 2.38. The van der Waals surface area contributed by atoms with Crippen LogP contribution in [0.2, 0.25) is 0 Å². The average molecular weight is 489 g/mol. The third-order valence-corrected chi connectivity index (χ3v) is 4.88. The van der Waals surface area contributed by atoms with Gasteiger partial charge in [0.05, 0.1) is 21.3 Å². The van der Waals surface area contributed by atoms with Gasteiger partial charge in [0.1, 0.15) is 5.75 Å². The van der Waals surface area contributed by atoms with Gasteiger partial charge in [-0.1, -0.05) is 28.1 Å². The van der Waals surface area contributed by atoms with E-state index in [4.69, 9.17) is 18.9 Å². The molecule has 0 aliphatic rings. The van der Waals surface area contributed by atoms with Crippen LogP contribution in [0.1, 0.15) is 10.4 Å². The number of benzene rings is 3. The Hall–Kier alpha value is -3.46. The summed E-state index contributed by atoms with van der Waals surface area (Å²) < 4.78 is 22.2. The fraction of sp³-hybridized carbons (Fsp3) is 0.182. The van der Waals surface area contributed by atoms with Gasteiger partial charge in [0.2, 0.25) is 5.75 Å². The minimum absolute atomic E-state index is 0.219. The van der Waals surface area contributed by atoms with Crippen molar-refractivity contribution in [2.24, 2.45) is 0 Å². The van der Waals surface area contributed by atoms with Gasteiger partial charge in [-0.25, -0.2) is 0 Å². The lowest BCUT2D eigenvalue weighted by Crippen LogP contribution is -2.43. The summed E-state index contributed by atoms with van der Waals surface area (Å²) in [6, 6.07) is 14.3. The number of halogens is 1. The van der Waals surface area contributed by atoms with Gasteiger partial charge >= 0.3 is 0 Å². The Balaban J connectivity index is 1.58. The van der Waals surface area contributed by atoms with E-state index in [0.29, 0.717) is 23.0 Å². The van der Waals surface area contributed by atoms with E-state index in [1.54, 1.807) is 6.07 Å². The van der Waals surface area contributed by atoms with Crippen LogP contribution in [0, 0.1) is 0 Å². The van der Waals surface area contributed by atoms with Crippen molar-refractivity contribution >= 4 is 38.5 Å². The highest BCUT2D eigenvalue weighted by atomic mass is 79.9. The topological polar surface area (TPSA) is 95.1 Å². The van der Waals surface area contributed by atoms with E-state index < -0.39 is 11.8 Å². The summed E-state index contributed by atoms with van der Waals surface area (Å²) in [6.45, 7) is -0.266. The number of fused-ring (bicyclic) bond motifs is 1. The van der Waals surface area contributed by atoms with Gasteiger partial charge in [0.15, 0.2) is 18.1 Å². The van der Waals surface area contributed by atoms with E-state index in [9.17, 15) is 9.59 Å². The smallest absolute Gasteiger partial charge is 0.276 e. The van der Waals surface area contributed by atoms with E-state index in [0.717, 1.165) is 15.2 Å². The largest absolute Gasteiger partial charge is 0.493 e. The van der Waals surface area contributed by atoms with Crippen molar-refractivity contribution in [3.8, 4) is 23.0 Å². The molecule has 0 saturated heterocycles. The summed E-state index contributed by atoms with van der Waals surface area (Å²) >= 11 is 3.43. The van der Waals surface area contributed by atoms with Crippen LogP contribution < -0.4 is 29.8 Å². The predicted octanol–water partition coefficient (Wildman–Crippen LogP) is 3.47. The molecule has 0 fully saturated rings. The van der Waals surface area contributed by atoms with E-state index in [1.807, 2.05) is 30.3 Å². The first kappa shape index (κ1) is 22.2. The van der Waals surface area contributed by atoms with E-state index >= 15 is 0 Å².